The summed E-state index contributed by atoms with van der Waals surface area (Å²) in [5.74, 6) is 6.96. The van der Waals surface area contributed by atoms with Crippen molar-refractivity contribution >= 4 is 0 Å². The van der Waals surface area contributed by atoms with Crippen molar-refractivity contribution in [2.75, 3.05) is 21.1 Å². The number of hydroxylamine groups is 1. The number of nitrogens with zero attached hydrogens (tertiary/aromatic N) is 1. The summed E-state index contributed by atoms with van der Waals surface area (Å²) in [5.41, 5.74) is 5.17. The second-order valence-corrected chi connectivity index (χ2v) is 1.39. The van der Waals surface area contributed by atoms with E-state index in [2.05, 4.69) is 10.9 Å². The first-order valence-corrected chi connectivity index (χ1v) is 2.56. The first-order valence-electron chi connectivity index (χ1n) is 2.56. The molecule has 0 aliphatic rings. The van der Waals surface area contributed by atoms with Gasteiger partial charge in [-0.15, -0.1) is 5.43 Å². The number of hydrogen-bond acceptors (Lipinski definition) is 4. The molecule has 0 saturated heterocycles. The highest BCUT2D eigenvalue weighted by Crippen LogP contribution is 1.61. The Kier molecular flexibility index (Phi) is 4.50. The fourth-order valence-electron chi connectivity index (χ4n) is 0.228. The van der Waals surface area contributed by atoms with Gasteiger partial charge in [-0.3, -0.25) is 0 Å². The Labute approximate surface area is 54.4 Å². The van der Waals surface area contributed by atoms with Crippen molar-refractivity contribution in [3.8, 4) is 0 Å². The third-order valence-electron chi connectivity index (χ3n) is 0.770. The largest absolute Gasteiger partial charge is 0.411 e. The molecule has 0 fully saturated rings. The zero-order valence-electron chi connectivity index (χ0n) is 5.86. The number of hydrogen-bond donors (Lipinski definition) is 3. The Bertz CT molecular complexity index is 61.2. The first-order chi connectivity index (χ1) is 4.20. The van der Waals surface area contributed by atoms with Gasteiger partial charge in [0, 0.05) is 21.1 Å². The van der Waals surface area contributed by atoms with Crippen LogP contribution in [0.15, 0.2) is 0 Å². The van der Waals surface area contributed by atoms with Gasteiger partial charge in [-0.2, -0.15) is 5.28 Å². The summed E-state index contributed by atoms with van der Waals surface area (Å²) in [6.07, 6.45) is 0. The van der Waals surface area contributed by atoms with Crippen molar-refractivity contribution in [2.45, 2.75) is 0 Å². The van der Waals surface area contributed by atoms with E-state index in [1.165, 1.54) is 5.17 Å². The molecule has 9 heavy (non-hydrogen) atoms. The molecule has 1 atom stereocenters. The zero-order chi connectivity index (χ0) is 7.28. The second kappa shape index (κ2) is 4.62. The summed E-state index contributed by atoms with van der Waals surface area (Å²) < 4.78 is 0. The topological polar surface area (TPSA) is 64.8 Å². The van der Waals surface area contributed by atoms with Gasteiger partial charge in [-0.05, 0) is 0 Å². The normalized spacial score (nSPS) is 14.3. The lowest BCUT2D eigenvalue weighted by Gasteiger charge is -2.20. The van der Waals surface area contributed by atoms with Gasteiger partial charge < -0.3 is 5.84 Å². The molecule has 1 unspecified atom stereocenters. The third kappa shape index (κ3) is 4.28. The molecule has 6 nitrogen and oxygen atoms in total. The van der Waals surface area contributed by atoms with Gasteiger partial charge in [0.1, 0.15) is 0 Å². The van der Waals surface area contributed by atoms with Crippen LogP contribution in [0.1, 0.15) is 0 Å². The molecule has 0 aliphatic heterocycles. The molecule has 4 N–H and O–H groups in total. The molecule has 0 rings (SSSR count). The zero-order valence-corrected chi connectivity index (χ0v) is 5.86. The lowest BCUT2D eigenvalue weighted by atomic mass is 11.4. The Morgan fingerprint density at radius 1 is 1.56 bits per heavy atom. The molecule has 56 valence electrons. The fraction of sp³-hybridized carbons (Fsp3) is 1.00. The van der Waals surface area contributed by atoms with E-state index >= 15 is 0 Å². The van der Waals surface area contributed by atoms with Gasteiger partial charge in [-0.1, -0.05) is 10.1 Å². The van der Waals surface area contributed by atoms with Crippen LogP contribution in [0, 0.1) is 0 Å². The van der Waals surface area contributed by atoms with Crippen LogP contribution in [0.25, 0.3) is 5.84 Å². The smallest absolute Gasteiger partial charge is 0.0358 e. The summed E-state index contributed by atoms with van der Waals surface area (Å²) in [6, 6.07) is 0. The SMILES string of the molecule is CNN(C)O[NH+]([NH-])NC. The molecule has 0 aromatic heterocycles. The van der Waals surface area contributed by atoms with Gasteiger partial charge >= 0.3 is 0 Å². The van der Waals surface area contributed by atoms with Gasteiger partial charge in [0.2, 0.25) is 0 Å². The molecule has 0 bridgehead atoms. The van der Waals surface area contributed by atoms with E-state index in [0.29, 0.717) is 0 Å². The van der Waals surface area contributed by atoms with E-state index in [-0.39, 0.29) is 5.28 Å². The van der Waals surface area contributed by atoms with Crippen LogP contribution in [-0.4, -0.2) is 26.3 Å². The van der Waals surface area contributed by atoms with Crippen LogP contribution >= 0.6 is 0 Å². The monoisotopic (exact) mass is 135 g/mol. The maximum absolute atomic E-state index is 6.96. The molecule has 0 radical (unpaired) electrons. The van der Waals surface area contributed by atoms with Crippen molar-refractivity contribution < 1.29 is 10.2 Å². The van der Waals surface area contributed by atoms with Gasteiger partial charge in [-0.25, -0.2) is 5.43 Å². The minimum absolute atomic E-state index is 0.00634. The molecule has 0 aliphatic carbocycles. The highest BCUT2D eigenvalue weighted by molar-refractivity contribution is 4.02. The van der Waals surface area contributed by atoms with Crippen molar-refractivity contribution in [3.63, 3.8) is 0 Å². The van der Waals surface area contributed by atoms with E-state index in [1.54, 1.807) is 21.1 Å². The minimum Gasteiger partial charge on any atom is -0.411 e. The van der Waals surface area contributed by atoms with Crippen molar-refractivity contribution in [1.29, 1.82) is 0 Å². The molecule has 0 aromatic rings. The van der Waals surface area contributed by atoms with Gasteiger partial charge in [0.25, 0.3) is 0 Å². The van der Waals surface area contributed by atoms with E-state index in [4.69, 9.17) is 10.8 Å². The standard InChI is InChI=1S/C3H13N5O/c1-5-7(3)9-8(4)6-2/h4-6,8H,1-3H3. The number of rotatable bonds is 4. The van der Waals surface area contributed by atoms with E-state index in [0.717, 1.165) is 0 Å². The maximum Gasteiger partial charge on any atom is 0.0358 e. The molecule has 0 amide bonds. The molecular formula is C3H13N5O. The summed E-state index contributed by atoms with van der Waals surface area (Å²) in [5, 5.41) is 1.32. The molecule has 0 saturated carbocycles. The number of nitrogens with one attached hydrogen (secondary N) is 4. The van der Waals surface area contributed by atoms with Crippen molar-refractivity contribution in [2.24, 2.45) is 0 Å². The number of hydrazine groups is 1. The summed E-state index contributed by atoms with van der Waals surface area (Å²) >= 11 is 0. The van der Waals surface area contributed by atoms with Crippen LogP contribution in [-0.2, 0) is 4.94 Å². The Morgan fingerprint density at radius 2 is 2.11 bits per heavy atom. The fourth-order valence-corrected chi connectivity index (χ4v) is 0.228. The van der Waals surface area contributed by atoms with Gasteiger partial charge in [0.05, 0.1) is 0 Å². The molecule has 6 heteroatoms. The van der Waals surface area contributed by atoms with Crippen LogP contribution in [0.5, 0.6) is 0 Å². The summed E-state index contributed by atoms with van der Waals surface area (Å²) in [6.45, 7) is 0. The average molecular weight is 135 g/mol. The lowest BCUT2D eigenvalue weighted by Crippen LogP contribution is -3.12. The third-order valence-corrected chi connectivity index (χ3v) is 0.770. The van der Waals surface area contributed by atoms with Crippen LogP contribution in [0.3, 0.4) is 0 Å². The molecule has 0 aromatic carbocycles. The molecule has 0 heterocycles. The summed E-state index contributed by atoms with van der Waals surface area (Å²) in [4.78, 5) is 4.74. The maximum atomic E-state index is 6.96. The van der Waals surface area contributed by atoms with E-state index in [9.17, 15) is 0 Å². The Morgan fingerprint density at radius 3 is 2.44 bits per heavy atom. The van der Waals surface area contributed by atoms with Crippen molar-refractivity contribution in [1.82, 2.24) is 16.0 Å². The highest BCUT2D eigenvalue weighted by Gasteiger charge is 1.96. The van der Waals surface area contributed by atoms with Crippen LogP contribution in [0.2, 0.25) is 0 Å². The van der Waals surface area contributed by atoms with Crippen LogP contribution in [0.4, 0.5) is 0 Å². The second-order valence-electron chi connectivity index (χ2n) is 1.39. The number of quaternary nitrogens is 1. The molecular weight excluding hydrogens is 122 g/mol. The highest BCUT2D eigenvalue weighted by atomic mass is 16.9. The first kappa shape index (κ1) is 8.76. The predicted octanol–water partition coefficient (Wildman–Crippen LogP) is -2.11. The average Bonchev–Trinajstić information content (AvgIpc) is 1.87. The van der Waals surface area contributed by atoms with E-state index < -0.39 is 0 Å². The minimum atomic E-state index is 0.00634. The molecule has 0 spiro atoms. The van der Waals surface area contributed by atoms with E-state index in [1.807, 2.05) is 0 Å². The quantitative estimate of drug-likeness (QED) is 0.386. The summed E-state index contributed by atoms with van der Waals surface area (Å²) in [7, 11) is 4.97. The van der Waals surface area contributed by atoms with Crippen molar-refractivity contribution in [3.05, 3.63) is 5.84 Å². The van der Waals surface area contributed by atoms with Crippen LogP contribution < -0.4 is 16.1 Å². The predicted molar refractivity (Wildman–Crippen MR) is 32.3 cm³/mol. The Balaban J connectivity index is 3.22. The lowest BCUT2D eigenvalue weighted by molar-refractivity contribution is -1.12. The van der Waals surface area contributed by atoms with Gasteiger partial charge in [0.15, 0.2) is 0 Å². The Hall–Kier alpha value is -0.240.